The fraction of sp³-hybridized carbons (Fsp3) is 0.0370. The van der Waals surface area contributed by atoms with Crippen molar-refractivity contribution in [1.82, 2.24) is 0 Å². The number of furan rings is 1. The Morgan fingerprint density at radius 2 is 1.69 bits per heavy atom. The largest absolute Gasteiger partial charge is 0.457 e. The first-order valence-electron chi connectivity index (χ1n) is 10.8. The number of aliphatic imine (C=N–C) groups is 1. The Morgan fingerprint density at radius 3 is 2.40 bits per heavy atom. The Kier molecular flexibility index (Phi) is 6.03. The smallest absolute Gasteiger partial charge is 0.273 e. The molecule has 4 aromatic rings. The maximum atomic E-state index is 13.4. The number of nitrogens with zero attached hydrogens (tertiary/aromatic N) is 3. The van der Waals surface area contributed by atoms with Crippen molar-refractivity contribution in [3.8, 4) is 11.3 Å². The van der Waals surface area contributed by atoms with E-state index in [2.05, 4.69) is 0 Å². The number of aryl methyl sites for hydroxylation is 1. The second-order valence-corrected chi connectivity index (χ2v) is 8.79. The molecule has 1 aliphatic rings. The summed E-state index contributed by atoms with van der Waals surface area (Å²) in [6.45, 7) is 1.69. The van der Waals surface area contributed by atoms with Gasteiger partial charge in [-0.15, -0.1) is 0 Å². The molecule has 0 N–H and O–H groups in total. The second kappa shape index (κ2) is 9.44. The summed E-state index contributed by atoms with van der Waals surface area (Å²) < 4.78 is 5.93. The van der Waals surface area contributed by atoms with Gasteiger partial charge in [-0.25, -0.2) is 4.99 Å². The van der Waals surface area contributed by atoms with Crippen molar-refractivity contribution in [2.75, 3.05) is 4.90 Å². The highest BCUT2D eigenvalue weighted by atomic mass is 32.2. The van der Waals surface area contributed by atoms with Crippen LogP contribution >= 0.6 is 11.8 Å². The van der Waals surface area contributed by atoms with Crippen LogP contribution in [-0.4, -0.2) is 16.0 Å². The molecule has 5 rings (SSSR count). The van der Waals surface area contributed by atoms with Crippen LogP contribution in [0.15, 0.2) is 105 Å². The Bertz CT molecular complexity index is 1480. The van der Waals surface area contributed by atoms with Crippen LogP contribution in [0.5, 0.6) is 0 Å². The first-order valence-corrected chi connectivity index (χ1v) is 11.6. The molecule has 35 heavy (non-hydrogen) atoms. The number of rotatable bonds is 5. The Balaban J connectivity index is 1.49. The topological polar surface area (TPSA) is 89.0 Å². The van der Waals surface area contributed by atoms with E-state index in [0.29, 0.717) is 32.7 Å². The molecule has 1 saturated heterocycles. The molecule has 2 heterocycles. The Morgan fingerprint density at radius 1 is 0.971 bits per heavy atom. The molecule has 1 fully saturated rings. The lowest BCUT2D eigenvalue weighted by Crippen LogP contribution is -2.28. The minimum absolute atomic E-state index is 0.0283. The summed E-state index contributed by atoms with van der Waals surface area (Å²) in [7, 11) is 0. The van der Waals surface area contributed by atoms with Gasteiger partial charge in [-0.2, -0.15) is 0 Å². The molecule has 0 unspecified atom stereocenters. The van der Waals surface area contributed by atoms with Gasteiger partial charge in [0, 0.05) is 23.3 Å². The van der Waals surface area contributed by atoms with Gasteiger partial charge in [0.15, 0.2) is 5.17 Å². The highest BCUT2D eigenvalue weighted by Gasteiger charge is 2.35. The molecule has 7 nitrogen and oxygen atoms in total. The summed E-state index contributed by atoms with van der Waals surface area (Å²) >= 11 is 1.26. The number of carbonyl (C=O) groups excluding carboxylic acids is 1. The quantitative estimate of drug-likeness (QED) is 0.174. The highest BCUT2D eigenvalue weighted by molar-refractivity contribution is 8.19. The summed E-state index contributed by atoms with van der Waals surface area (Å²) in [4.78, 5) is 31.0. The summed E-state index contributed by atoms with van der Waals surface area (Å²) in [6, 6.07) is 27.2. The first kappa shape index (κ1) is 22.4. The van der Waals surface area contributed by atoms with Gasteiger partial charge in [-0.1, -0.05) is 48.5 Å². The van der Waals surface area contributed by atoms with Gasteiger partial charge in [0.1, 0.15) is 11.5 Å². The number of nitro groups is 1. The average molecular weight is 482 g/mol. The van der Waals surface area contributed by atoms with Crippen LogP contribution in [0.2, 0.25) is 0 Å². The fourth-order valence-corrected chi connectivity index (χ4v) is 4.62. The zero-order valence-electron chi connectivity index (χ0n) is 18.6. The van der Waals surface area contributed by atoms with Gasteiger partial charge in [-0.3, -0.25) is 19.8 Å². The van der Waals surface area contributed by atoms with Crippen molar-refractivity contribution in [1.29, 1.82) is 0 Å². The molecule has 0 aliphatic carbocycles. The van der Waals surface area contributed by atoms with E-state index in [9.17, 15) is 14.9 Å². The average Bonchev–Trinajstić information content (AvgIpc) is 3.45. The number of nitro benzene ring substituents is 1. The molecule has 1 amide bonds. The third-order valence-electron chi connectivity index (χ3n) is 5.39. The van der Waals surface area contributed by atoms with Crippen LogP contribution in [0.4, 0.5) is 17.1 Å². The lowest BCUT2D eigenvalue weighted by Gasteiger charge is -2.15. The van der Waals surface area contributed by atoms with E-state index in [1.807, 2.05) is 60.7 Å². The van der Waals surface area contributed by atoms with Gasteiger partial charge >= 0.3 is 0 Å². The number of carbonyl (C=O) groups is 1. The molecule has 3 aromatic carbocycles. The van der Waals surface area contributed by atoms with Crippen molar-refractivity contribution >= 4 is 46.0 Å². The van der Waals surface area contributed by atoms with Crippen LogP contribution in [0.1, 0.15) is 11.3 Å². The monoisotopic (exact) mass is 481 g/mol. The SMILES string of the molecule is Cc1ccc(-c2ccc(/C=C3/SC(=Nc4ccccc4)N(c4ccccc4)C3=O)o2)cc1[N+](=O)[O-]. The number of thioether (sulfide) groups is 1. The number of amidine groups is 1. The van der Waals surface area contributed by atoms with Crippen molar-refractivity contribution in [2.45, 2.75) is 6.92 Å². The van der Waals surface area contributed by atoms with Gasteiger partial charge in [0.05, 0.1) is 21.2 Å². The van der Waals surface area contributed by atoms with Gasteiger partial charge in [0.25, 0.3) is 11.6 Å². The van der Waals surface area contributed by atoms with E-state index in [1.165, 1.54) is 17.8 Å². The minimum atomic E-state index is -0.412. The van der Waals surface area contributed by atoms with E-state index < -0.39 is 4.92 Å². The molecule has 0 saturated carbocycles. The molecule has 0 bridgehead atoms. The summed E-state index contributed by atoms with van der Waals surface area (Å²) in [6.07, 6.45) is 1.67. The Hall–Kier alpha value is -4.43. The predicted molar refractivity (Wildman–Crippen MR) is 139 cm³/mol. The van der Waals surface area contributed by atoms with Crippen molar-refractivity contribution in [3.05, 3.63) is 117 Å². The maximum absolute atomic E-state index is 13.4. The van der Waals surface area contributed by atoms with Gasteiger partial charge in [-0.05, 0) is 55.1 Å². The molecule has 1 aromatic heterocycles. The van der Waals surface area contributed by atoms with Crippen molar-refractivity contribution in [2.24, 2.45) is 4.99 Å². The third-order valence-corrected chi connectivity index (χ3v) is 6.36. The maximum Gasteiger partial charge on any atom is 0.273 e. The molecule has 8 heteroatoms. The molecule has 0 radical (unpaired) electrons. The van der Waals surface area contributed by atoms with Crippen LogP contribution in [0.25, 0.3) is 17.4 Å². The highest BCUT2D eigenvalue weighted by Crippen LogP contribution is 2.38. The summed E-state index contributed by atoms with van der Waals surface area (Å²) in [5.74, 6) is 0.737. The lowest BCUT2D eigenvalue weighted by molar-refractivity contribution is -0.385. The molecule has 0 atom stereocenters. The van der Waals surface area contributed by atoms with Gasteiger partial charge in [0.2, 0.25) is 0 Å². The zero-order valence-corrected chi connectivity index (χ0v) is 19.4. The number of hydrogen-bond donors (Lipinski definition) is 0. The first-order chi connectivity index (χ1) is 17.0. The van der Waals surface area contributed by atoms with E-state index in [4.69, 9.17) is 9.41 Å². The molecular weight excluding hydrogens is 462 g/mol. The van der Waals surface area contributed by atoms with Crippen LogP contribution in [-0.2, 0) is 4.79 Å². The lowest BCUT2D eigenvalue weighted by atomic mass is 10.1. The number of benzene rings is 3. The summed E-state index contributed by atoms with van der Waals surface area (Å²) in [5, 5.41) is 11.8. The fourth-order valence-electron chi connectivity index (χ4n) is 3.64. The summed E-state index contributed by atoms with van der Waals surface area (Å²) in [5.41, 5.74) is 2.66. The number of amides is 1. The number of hydrogen-bond acceptors (Lipinski definition) is 6. The van der Waals surface area contributed by atoms with Crippen molar-refractivity contribution in [3.63, 3.8) is 0 Å². The normalized spacial score (nSPS) is 15.8. The molecule has 172 valence electrons. The number of anilines is 1. The van der Waals surface area contributed by atoms with Crippen LogP contribution < -0.4 is 4.90 Å². The molecule has 0 spiro atoms. The van der Waals surface area contributed by atoms with E-state index in [1.54, 1.807) is 42.2 Å². The molecule has 1 aliphatic heterocycles. The standard InChI is InChI=1S/C27H19N3O4S/c1-18-12-13-19(16-23(18)30(32)33)24-15-14-22(34-24)17-25-26(31)29(21-10-6-3-7-11-21)27(35-25)28-20-8-4-2-5-9-20/h2-17H,1H3/b25-17+,28-27?. The van der Waals surface area contributed by atoms with Crippen molar-refractivity contribution < 1.29 is 14.1 Å². The van der Waals surface area contributed by atoms with Crippen LogP contribution in [0, 0.1) is 17.0 Å². The van der Waals surface area contributed by atoms with E-state index >= 15 is 0 Å². The molecular formula is C27H19N3O4S. The third kappa shape index (κ3) is 4.64. The van der Waals surface area contributed by atoms with Crippen LogP contribution in [0.3, 0.4) is 0 Å². The second-order valence-electron chi connectivity index (χ2n) is 7.78. The number of para-hydroxylation sites is 2. The van der Waals surface area contributed by atoms with E-state index in [0.717, 1.165) is 11.4 Å². The minimum Gasteiger partial charge on any atom is -0.457 e. The van der Waals surface area contributed by atoms with E-state index in [-0.39, 0.29) is 11.6 Å². The zero-order chi connectivity index (χ0) is 24.4. The predicted octanol–water partition coefficient (Wildman–Crippen LogP) is 6.97. The Labute approximate surface area is 205 Å². The van der Waals surface area contributed by atoms with Gasteiger partial charge < -0.3 is 4.42 Å².